The minimum atomic E-state index is -1.21. The molecule has 2 N–H and O–H groups in total. The van der Waals surface area contributed by atoms with Gasteiger partial charge in [0.05, 0.1) is 11.1 Å². The summed E-state index contributed by atoms with van der Waals surface area (Å²) in [4.78, 5) is 17.7. The first-order valence-corrected chi connectivity index (χ1v) is 4.52. The molecule has 0 unspecified atom stereocenters. The van der Waals surface area contributed by atoms with Crippen LogP contribution in [-0.2, 0) is 11.3 Å². The van der Waals surface area contributed by atoms with E-state index in [4.69, 9.17) is 9.84 Å². The van der Waals surface area contributed by atoms with E-state index in [0.717, 1.165) is 6.07 Å². The van der Waals surface area contributed by atoms with Crippen molar-refractivity contribution < 1.29 is 19.0 Å². The van der Waals surface area contributed by atoms with Gasteiger partial charge in [-0.1, -0.05) is 0 Å². The number of hydrogen-bond donors (Lipinski definition) is 2. The third-order valence-corrected chi connectivity index (χ3v) is 2.11. The minimum absolute atomic E-state index is 0.159. The molecule has 0 bridgehead atoms. The van der Waals surface area contributed by atoms with Crippen molar-refractivity contribution in [2.75, 3.05) is 7.11 Å². The van der Waals surface area contributed by atoms with E-state index in [1.165, 1.54) is 13.2 Å². The Morgan fingerprint density at radius 2 is 2.38 bits per heavy atom. The Balaban J connectivity index is 2.65. The van der Waals surface area contributed by atoms with E-state index >= 15 is 0 Å². The summed E-state index contributed by atoms with van der Waals surface area (Å²) in [7, 11) is 1.49. The number of carboxylic acids is 1. The topological polar surface area (TPSA) is 75.2 Å². The summed E-state index contributed by atoms with van der Waals surface area (Å²) in [5.74, 6) is -1.36. The van der Waals surface area contributed by atoms with Crippen LogP contribution < -0.4 is 0 Å². The van der Waals surface area contributed by atoms with Gasteiger partial charge < -0.3 is 14.8 Å². The summed E-state index contributed by atoms with van der Waals surface area (Å²) >= 11 is 0. The zero-order chi connectivity index (χ0) is 11.7. The fraction of sp³-hybridized carbons (Fsp3) is 0.200. The van der Waals surface area contributed by atoms with E-state index < -0.39 is 11.8 Å². The highest BCUT2D eigenvalue weighted by molar-refractivity contribution is 6.00. The number of fused-ring (bicyclic) bond motifs is 1. The van der Waals surface area contributed by atoms with Gasteiger partial charge in [0, 0.05) is 7.11 Å². The number of benzene rings is 1. The van der Waals surface area contributed by atoms with Gasteiger partial charge in [-0.15, -0.1) is 0 Å². The van der Waals surface area contributed by atoms with Crippen LogP contribution >= 0.6 is 0 Å². The Kier molecular flexibility index (Phi) is 2.57. The van der Waals surface area contributed by atoms with Gasteiger partial charge in [-0.3, -0.25) is 0 Å². The number of carboxylic acid groups (broad SMARTS) is 1. The quantitative estimate of drug-likeness (QED) is 0.829. The highest BCUT2D eigenvalue weighted by Gasteiger charge is 2.14. The number of rotatable bonds is 3. The lowest BCUT2D eigenvalue weighted by molar-refractivity contribution is 0.0698. The second-order valence-corrected chi connectivity index (χ2v) is 3.27. The van der Waals surface area contributed by atoms with Crippen molar-refractivity contribution >= 4 is 17.0 Å². The maximum Gasteiger partial charge on any atom is 0.338 e. The van der Waals surface area contributed by atoms with Crippen LogP contribution in [0.15, 0.2) is 12.1 Å². The first-order valence-electron chi connectivity index (χ1n) is 4.52. The first kappa shape index (κ1) is 10.6. The molecule has 2 rings (SSSR count). The molecule has 0 aliphatic rings. The van der Waals surface area contributed by atoms with Gasteiger partial charge in [-0.05, 0) is 12.1 Å². The highest BCUT2D eigenvalue weighted by atomic mass is 19.1. The predicted octanol–water partition coefficient (Wildman–Crippen LogP) is 1.55. The summed E-state index contributed by atoms with van der Waals surface area (Å²) in [6.45, 7) is 0.218. The maximum atomic E-state index is 13.1. The number of imidazole rings is 1. The van der Waals surface area contributed by atoms with Crippen LogP contribution in [0.5, 0.6) is 0 Å². The van der Waals surface area contributed by atoms with Crippen molar-refractivity contribution in [3.63, 3.8) is 0 Å². The lowest BCUT2D eigenvalue weighted by Crippen LogP contribution is -1.98. The molecule has 0 spiro atoms. The molecule has 0 atom stereocenters. The van der Waals surface area contributed by atoms with Crippen LogP contribution in [0.1, 0.15) is 16.2 Å². The lowest BCUT2D eigenvalue weighted by Gasteiger charge is -1.95. The zero-order valence-corrected chi connectivity index (χ0v) is 8.45. The van der Waals surface area contributed by atoms with Gasteiger partial charge >= 0.3 is 5.97 Å². The molecule has 1 heterocycles. The van der Waals surface area contributed by atoms with Crippen LogP contribution in [0.4, 0.5) is 4.39 Å². The van der Waals surface area contributed by atoms with Crippen LogP contribution in [-0.4, -0.2) is 28.2 Å². The first-order chi connectivity index (χ1) is 7.61. The van der Waals surface area contributed by atoms with Crippen molar-refractivity contribution in [2.45, 2.75) is 6.61 Å². The van der Waals surface area contributed by atoms with Gasteiger partial charge in [0.15, 0.2) is 0 Å². The van der Waals surface area contributed by atoms with Crippen molar-refractivity contribution in [2.24, 2.45) is 0 Å². The summed E-state index contributed by atoms with van der Waals surface area (Å²) < 4.78 is 18.0. The fourth-order valence-corrected chi connectivity index (χ4v) is 1.50. The molecule has 0 saturated carbocycles. The molecule has 0 aliphatic carbocycles. The number of aromatic carboxylic acids is 1. The molecule has 16 heavy (non-hydrogen) atoms. The van der Waals surface area contributed by atoms with Crippen LogP contribution in [0, 0.1) is 5.82 Å². The monoisotopic (exact) mass is 224 g/mol. The smallest absolute Gasteiger partial charge is 0.338 e. The fourth-order valence-electron chi connectivity index (χ4n) is 1.50. The molecule has 0 fully saturated rings. The van der Waals surface area contributed by atoms with E-state index in [-0.39, 0.29) is 17.7 Å². The van der Waals surface area contributed by atoms with Gasteiger partial charge in [0.2, 0.25) is 0 Å². The van der Waals surface area contributed by atoms with Crippen LogP contribution in [0.2, 0.25) is 0 Å². The Hall–Kier alpha value is -1.95. The number of aromatic amines is 1. The number of methoxy groups -OCH3 is 1. The number of nitrogens with zero attached hydrogens (tertiary/aromatic N) is 1. The number of H-pyrrole nitrogens is 1. The number of aromatic nitrogens is 2. The second kappa shape index (κ2) is 3.90. The zero-order valence-electron chi connectivity index (χ0n) is 8.45. The summed E-state index contributed by atoms with van der Waals surface area (Å²) in [6.07, 6.45) is 0. The van der Waals surface area contributed by atoms with E-state index in [1.54, 1.807) is 0 Å². The van der Waals surface area contributed by atoms with Crippen molar-refractivity contribution in [1.29, 1.82) is 0 Å². The number of hydrogen-bond acceptors (Lipinski definition) is 3. The number of ether oxygens (including phenoxy) is 1. The second-order valence-electron chi connectivity index (χ2n) is 3.27. The number of carbonyl (C=O) groups is 1. The Morgan fingerprint density at radius 3 is 3.00 bits per heavy atom. The molecule has 0 amide bonds. The Labute approximate surface area is 89.9 Å². The summed E-state index contributed by atoms with van der Waals surface area (Å²) in [5, 5.41) is 8.89. The summed E-state index contributed by atoms with van der Waals surface area (Å²) in [6, 6.07) is 2.15. The molecule has 1 aromatic carbocycles. The molecule has 0 aliphatic heterocycles. The van der Waals surface area contributed by atoms with Crippen LogP contribution in [0.25, 0.3) is 11.0 Å². The number of nitrogens with one attached hydrogen (secondary N) is 1. The highest BCUT2D eigenvalue weighted by Crippen LogP contribution is 2.19. The average molecular weight is 224 g/mol. The van der Waals surface area contributed by atoms with E-state index in [2.05, 4.69) is 9.97 Å². The molecular weight excluding hydrogens is 215 g/mol. The van der Waals surface area contributed by atoms with E-state index in [0.29, 0.717) is 11.3 Å². The molecular formula is C10H9FN2O3. The van der Waals surface area contributed by atoms with Crippen LogP contribution in [0.3, 0.4) is 0 Å². The Morgan fingerprint density at radius 1 is 1.62 bits per heavy atom. The van der Waals surface area contributed by atoms with Crippen molar-refractivity contribution in [3.8, 4) is 0 Å². The molecule has 2 aromatic rings. The molecule has 1 aromatic heterocycles. The molecule has 84 valence electrons. The molecule has 0 saturated heterocycles. The van der Waals surface area contributed by atoms with E-state index in [1.807, 2.05) is 0 Å². The van der Waals surface area contributed by atoms with Gasteiger partial charge in [0.25, 0.3) is 0 Å². The van der Waals surface area contributed by atoms with Crippen molar-refractivity contribution in [3.05, 3.63) is 29.3 Å². The third-order valence-electron chi connectivity index (χ3n) is 2.11. The van der Waals surface area contributed by atoms with E-state index in [9.17, 15) is 9.18 Å². The minimum Gasteiger partial charge on any atom is -0.478 e. The standard InChI is InChI=1S/C10H9FN2O3/c1-16-4-8-12-7-3-5(11)2-6(10(14)15)9(7)13-8/h2-3H,4H2,1H3,(H,12,13)(H,14,15). The molecule has 6 heteroatoms. The normalized spacial score (nSPS) is 10.9. The maximum absolute atomic E-state index is 13.1. The van der Waals surface area contributed by atoms with Crippen molar-refractivity contribution in [1.82, 2.24) is 9.97 Å². The Bertz CT molecular complexity index is 550. The number of halogens is 1. The third kappa shape index (κ3) is 1.74. The largest absolute Gasteiger partial charge is 0.478 e. The lowest BCUT2D eigenvalue weighted by atomic mass is 10.2. The molecule has 0 radical (unpaired) electrons. The predicted molar refractivity (Wildman–Crippen MR) is 53.7 cm³/mol. The average Bonchev–Trinajstić information content (AvgIpc) is 2.59. The molecule has 5 nitrogen and oxygen atoms in total. The van der Waals surface area contributed by atoms with Gasteiger partial charge in [0.1, 0.15) is 23.8 Å². The SMILES string of the molecule is COCc1nc2c(C(=O)O)cc(F)cc2[nH]1. The summed E-state index contributed by atoms with van der Waals surface area (Å²) in [5.41, 5.74) is 0.430. The van der Waals surface area contributed by atoms with Gasteiger partial charge in [-0.2, -0.15) is 0 Å². The van der Waals surface area contributed by atoms with Gasteiger partial charge in [-0.25, -0.2) is 14.2 Å².